The van der Waals surface area contributed by atoms with Gasteiger partial charge >= 0.3 is 11.9 Å². The molecule has 9 nitrogen and oxygen atoms in total. The first-order valence-electron chi connectivity index (χ1n) is 9.55. The van der Waals surface area contributed by atoms with Crippen LogP contribution >= 0.6 is 11.8 Å². The van der Waals surface area contributed by atoms with E-state index in [1.54, 1.807) is 17.8 Å². The average Bonchev–Trinajstić information content (AvgIpc) is 2.78. The number of aliphatic hydroxyl groups excluding tert-OH is 1. The van der Waals surface area contributed by atoms with Crippen LogP contribution in [0.15, 0.2) is 59.6 Å². The monoisotopic (exact) mass is 459 g/mol. The number of nitrogens with zero attached hydrogens (tertiary/aromatic N) is 2. The second-order valence-electron chi connectivity index (χ2n) is 6.27. The maximum atomic E-state index is 9.55. The molecule has 0 saturated carbocycles. The fourth-order valence-corrected chi connectivity index (χ4v) is 3.73. The number of hydrogen-bond acceptors (Lipinski definition) is 8. The van der Waals surface area contributed by atoms with Gasteiger partial charge in [-0.25, -0.2) is 14.6 Å². The van der Waals surface area contributed by atoms with Gasteiger partial charge in [0.1, 0.15) is 6.07 Å². The summed E-state index contributed by atoms with van der Waals surface area (Å²) in [5.41, 5.74) is 7.55. The Hall–Kier alpha value is -3.39. The fourth-order valence-electron chi connectivity index (χ4n) is 2.39. The largest absolute Gasteiger partial charge is 0.478 e. The van der Waals surface area contributed by atoms with Crippen LogP contribution in [0.25, 0.3) is 0 Å². The number of aromatic nitrogens is 1. The Morgan fingerprint density at radius 1 is 1.25 bits per heavy atom. The lowest BCUT2D eigenvalue weighted by atomic mass is 10.1. The van der Waals surface area contributed by atoms with Gasteiger partial charge in [-0.1, -0.05) is 30.3 Å². The standard InChI is InChI=1S/C18H21N3O2S.C4H4O4/c1-2-23-18-9-17(14(10-19)11-21-18)24-16(8-15(20)12-22)13-6-4-3-5-7-13;5-3(6)1-2-4(7)8/h3-7,9,11,15-16,22H,2,8,12,20H2,1H3;1-2H,(H,5,6)(H,7,8)/b;2-1+/t15-,16+;/m0./s1. The van der Waals surface area contributed by atoms with Crippen molar-refractivity contribution in [3.8, 4) is 11.9 Å². The number of carbonyl (C=O) groups is 2. The molecule has 5 N–H and O–H groups in total. The van der Waals surface area contributed by atoms with Crippen molar-refractivity contribution in [2.45, 2.75) is 29.5 Å². The molecule has 32 heavy (non-hydrogen) atoms. The zero-order chi connectivity index (χ0) is 23.9. The van der Waals surface area contributed by atoms with E-state index >= 15 is 0 Å². The molecule has 0 fully saturated rings. The van der Waals surface area contributed by atoms with Gasteiger partial charge in [-0.3, -0.25) is 0 Å². The van der Waals surface area contributed by atoms with Gasteiger partial charge in [0.15, 0.2) is 0 Å². The Kier molecular flexibility index (Phi) is 12.1. The minimum absolute atomic E-state index is 0.0253. The van der Waals surface area contributed by atoms with E-state index in [9.17, 15) is 20.0 Å². The van der Waals surface area contributed by atoms with Crippen LogP contribution in [0.3, 0.4) is 0 Å². The molecule has 0 aliphatic rings. The normalized spacial score (nSPS) is 12.2. The third-order valence-corrected chi connectivity index (χ3v) is 5.15. The van der Waals surface area contributed by atoms with E-state index < -0.39 is 11.9 Å². The van der Waals surface area contributed by atoms with E-state index in [2.05, 4.69) is 11.1 Å². The molecule has 0 saturated heterocycles. The van der Waals surface area contributed by atoms with Gasteiger partial charge in [0, 0.05) is 40.6 Å². The van der Waals surface area contributed by atoms with Crippen molar-refractivity contribution in [3.63, 3.8) is 0 Å². The molecule has 10 heteroatoms. The van der Waals surface area contributed by atoms with Crippen LogP contribution in [0.5, 0.6) is 5.88 Å². The summed E-state index contributed by atoms with van der Waals surface area (Å²) in [5.74, 6) is -2.02. The Morgan fingerprint density at radius 3 is 2.38 bits per heavy atom. The predicted octanol–water partition coefficient (Wildman–Crippen LogP) is 2.61. The number of carboxylic acid groups (broad SMARTS) is 2. The van der Waals surface area contributed by atoms with Crippen LogP contribution in [-0.4, -0.2) is 51.5 Å². The molecule has 2 rings (SSSR count). The van der Waals surface area contributed by atoms with E-state index in [1.807, 2.05) is 37.3 Å². The first-order chi connectivity index (χ1) is 15.3. The second-order valence-corrected chi connectivity index (χ2v) is 7.51. The minimum atomic E-state index is -1.26. The number of carboxylic acids is 2. The molecule has 1 heterocycles. The highest BCUT2D eigenvalue weighted by atomic mass is 32.2. The molecule has 0 aliphatic carbocycles. The van der Waals surface area contributed by atoms with Crippen molar-refractivity contribution in [1.29, 1.82) is 5.26 Å². The number of aliphatic carboxylic acids is 2. The number of thioether (sulfide) groups is 1. The molecule has 1 aromatic heterocycles. The molecular formula is C22H25N3O6S. The van der Waals surface area contributed by atoms with Crippen molar-refractivity contribution >= 4 is 23.7 Å². The highest BCUT2D eigenvalue weighted by Gasteiger charge is 2.19. The van der Waals surface area contributed by atoms with Gasteiger partial charge in [0.2, 0.25) is 5.88 Å². The number of rotatable bonds is 10. The molecule has 0 unspecified atom stereocenters. The Balaban J connectivity index is 0.000000547. The number of ether oxygens (including phenoxy) is 1. The fraction of sp³-hybridized carbons (Fsp3) is 0.273. The zero-order valence-electron chi connectivity index (χ0n) is 17.4. The summed E-state index contributed by atoms with van der Waals surface area (Å²) >= 11 is 1.54. The number of nitrogens with two attached hydrogens (primary N) is 1. The average molecular weight is 460 g/mol. The van der Waals surface area contributed by atoms with Gasteiger partial charge in [0.25, 0.3) is 0 Å². The van der Waals surface area contributed by atoms with Crippen LogP contribution in [0.2, 0.25) is 0 Å². The van der Waals surface area contributed by atoms with Crippen LogP contribution in [0.1, 0.15) is 29.7 Å². The lowest BCUT2D eigenvalue weighted by Crippen LogP contribution is -2.26. The Bertz CT molecular complexity index is 930. The molecule has 0 spiro atoms. The molecule has 0 aliphatic heterocycles. The summed E-state index contributed by atoms with van der Waals surface area (Å²) < 4.78 is 5.44. The first kappa shape index (κ1) is 26.6. The first-order valence-corrected chi connectivity index (χ1v) is 10.4. The molecule has 0 radical (unpaired) electrons. The highest BCUT2D eigenvalue weighted by Crippen LogP contribution is 2.40. The topological polar surface area (TPSA) is 167 Å². The van der Waals surface area contributed by atoms with Crippen LogP contribution in [0, 0.1) is 11.3 Å². The van der Waals surface area contributed by atoms with E-state index in [1.165, 1.54) is 6.20 Å². The van der Waals surface area contributed by atoms with Gasteiger partial charge in [0.05, 0.1) is 18.8 Å². The highest BCUT2D eigenvalue weighted by molar-refractivity contribution is 7.99. The minimum Gasteiger partial charge on any atom is -0.478 e. The van der Waals surface area contributed by atoms with Gasteiger partial charge in [-0.15, -0.1) is 11.8 Å². The molecule has 1 aromatic carbocycles. The summed E-state index contributed by atoms with van der Waals surface area (Å²) in [7, 11) is 0. The van der Waals surface area contributed by atoms with Crippen LogP contribution < -0.4 is 10.5 Å². The van der Waals surface area contributed by atoms with Crippen molar-refractivity contribution in [3.05, 3.63) is 65.9 Å². The number of benzene rings is 1. The van der Waals surface area contributed by atoms with Gasteiger partial charge in [-0.2, -0.15) is 5.26 Å². The van der Waals surface area contributed by atoms with E-state index in [0.717, 1.165) is 10.5 Å². The van der Waals surface area contributed by atoms with Gasteiger partial charge < -0.3 is 25.8 Å². The molecule has 0 amide bonds. The van der Waals surface area contributed by atoms with Gasteiger partial charge in [-0.05, 0) is 18.9 Å². The second kappa shape index (κ2) is 14.6. The van der Waals surface area contributed by atoms with Crippen molar-refractivity contribution in [1.82, 2.24) is 4.98 Å². The van der Waals surface area contributed by atoms with Crippen LogP contribution in [-0.2, 0) is 9.59 Å². The third-order valence-electron chi connectivity index (χ3n) is 3.81. The molecule has 2 atom stereocenters. The van der Waals surface area contributed by atoms with Crippen molar-refractivity contribution in [2.24, 2.45) is 5.73 Å². The molecular weight excluding hydrogens is 434 g/mol. The summed E-state index contributed by atoms with van der Waals surface area (Å²) in [6, 6.07) is 13.6. The number of aliphatic hydroxyl groups is 1. The van der Waals surface area contributed by atoms with E-state index in [0.29, 0.717) is 36.6 Å². The molecule has 0 bridgehead atoms. The molecule has 170 valence electrons. The predicted molar refractivity (Wildman–Crippen MR) is 119 cm³/mol. The molecule has 2 aromatic rings. The quantitative estimate of drug-likeness (QED) is 0.306. The smallest absolute Gasteiger partial charge is 0.328 e. The number of pyridine rings is 1. The Morgan fingerprint density at radius 2 is 1.88 bits per heavy atom. The van der Waals surface area contributed by atoms with Crippen molar-refractivity contribution < 1.29 is 29.6 Å². The maximum absolute atomic E-state index is 9.55. The third kappa shape index (κ3) is 10.1. The van der Waals surface area contributed by atoms with Crippen LogP contribution in [0.4, 0.5) is 0 Å². The summed E-state index contributed by atoms with van der Waals surface area (Å²) in [6.45, 7) is 2.33. The zero-order valence-corrected chi connectivity index (χ0v) is 18.2. The Labute approximate surface area is 190 Å². The van der Waals surface area contributed by atoms with E-state index in [-0.39, 0.29) is 17.9 Å². The lowest BCUT2D eigenvalue weighted by Gasteiger charge is -2.20. The number of nitriles is 1. The summed E-state index contributed by atoms with van der Waals surface area (Å²) in [6.07, 6.45) is 3.24. The van der Waals surface area contributed by atoms with E-state index in [4.69, 9.17) is 20.7 Å². The SMILES string of the molecule is CCOc1cc(S[C@H](C[C@H](N)CO)c2ccccc2)c(C#N)cn1.O=C(O)/C=C/C(=O)O. The lowest BCUT2D eigenvalue weighted by molar-refractivity contribution is -0.134. The number of hydrogen-bond donors (Lipinski definition) is 4. The summed E-state index contributed by atoms with van der Waals surface area (Å²) in [4.78, 5) is 24.0. The summed E-state index contributed by atoms with van der Waals surface area (Å²) in [5, 5.41) is 34.3. The van der Waals surface area contributed by atoms with Crippen molar-refractivity contribution in [2.75, 3.05) is 13.2 Å². The maximum Gasteiger partial charge on any atom is 0.328 e.